The molecule has 2 aromatic carbocycles. The maximum Gasteiger partial charge on any atom is 0.416 e. The van der Waals surface area contributed by atoms with Gasteiger partial charge in [-0.3, -0.25) is 4.79 Å². The third-order valence-corrected chi connectivity index (χ3v) is 4.25. The molecule has 7 heteroatoms. The largest absolute Gasteiger partial charge is 0.452 e. The van der Waals surface area contributed by atoms with Crippen molar-refractivity contribution in [3.05, 3.63) is 65.2 Å². The monoisotopic (exact) mass is 363 g/mol. The molecule has 0 spiro atoms. The molecule has 1 heterocycles. The van der Waals surface area contributed by atoms with E-state index in [-0.39, 0.29) is 17.5 Å². The molecule has 1 aliphatic heterocycles. The highest BCUT2D eigenvalue weighted by atomic mass is 19.4. The van der Waals surface area contributed by atoms with Crippen LogP contribution in [0.2, 0.25) is 0 Å². The summed E-state index contributed by atoms with van der Waals surface area (Å²) >= 11 is 0. The van der Waals surface area contributed by atoms with Crippen molar-refractivity contribution in [3.63, 3.8) is 0 Å². The summed E-state index contributed by atoms with van der Waals surface area (Å²) in [6.07, 6.45) is -3.76. The lowest BCUT2D eigenvalue weighted by atomic mass is 10.1. The van der Waals surface area contributed by atoms with Gasteiger partial charge in [-0.1, -0.05) is 18.2 Å². The van der Waals surface area contributed by atoms with E-state index < -0.39 is 24.3 Å². The predicted molar refractivity (Wildman–Crippen MR) is 88.8 cm³/mol. The Labute approximate surface area is 148 Å². The van der Waals surface area contributed by atoms with E-state index in [2.05, 4.69) is 0 Å². The number of hydrogen-bond donors (Lipinski definition) is 0. The number of hydrogen-bond acceptors (Lipinski definition) is 3. The summed E-state index contributed by atoms with van der Waals surface area (Å²) < 4.78 is 42.6. The highest BCUT2D eigenvalue weighted by molar-refractivity contribution is 5.99. The van der Waals surface area contributed by atoms with Crippen molar-refractivity contribution in [1.82, 2.24) is 0 Å². The van der Waals surface area contributed by atoms with Crippen molar-refractivity contribution in [2.75, 3.05) is 11.5 Å². The molecule has 1 atom stereocenters. The summed E-state index contributed by atoms with van der Waals surface area (Å²) in [7, 11) is 0. The van der Waals surface area contributed by atoms with Crippen LogP contribution in [0.4, 0.5) is 18.9 Å². The summed E-state index contributed by atoms with van der Waals surface area (Å²) in [5, 5.41) is 0. The lowest BCUT2D eigenvalue weighted by molar-refractivity contribution is -0.137. The Morgan fingerprint density at radius 3 is 2.42 bits per heavy atom. The van der Waals surface area contributed by atoms with E-state index in [9.17, 15) is 22.8 Å². The van der Waals surface area contributed by atoms with Crippen molar-refractivity contribution >= 4 is 17.6 Å². The Bertz CT molecular complexity index is 831. The molecule has 0 bridgehead atoms. The van der Waals surface area contributed by atoms with E-state index in [4.69, 9.17) is 4.74 Å². The van der Waals surface area contributed by atoms with E-state index in [1.165, 1.54) is 0 Å². The van der Waals surface area contributed by atoms with Crippen LogP contribution < -0.4 is 4.90 Å². The SMILES string of the molecule is C[C@@H]1Cc2ccccc2N1C(=O)COC(=O)c1ccc(C(F)(F)F)cc1. The fraction of sp³-hybridized carbons (Fsp3) is 0.263. The van der Waals surface area contributed by atoms with Gasteiger partial charge in [-0.15, -0.1) is 0 Å². The average molecular weight is 363 g/mol. The van der Waals surface area contributed by atoms with Crippen LogP contribution in [-0.4, -0.2) is 24.5 Å². The number of carbonyl (C=O) groups excluding carboxylic acids is 2. The van der Waals surface area contributed by atoms with E-state index >= 15 is 0 Å². The number of esters is 1. The molecular weight excluding hydrogens is 347 g/mol. The molecule has 0 radical (unpaired) electrons. The lowest BCUT2D eigenvalue weighted by Crippen LogP contribution is -2.38. The van der Waals surface area contributed by atoms with Gasteiger partial charge in [0, 0.05) is 11.7 Å². The number of carbonyl (C=O) groups is 2. The number of rotatable bonds is 3. The fourth-order valence-electron chi connectivity index (χ4n) is 3.02. The van der Waals surface area contributed by atoms with Crippen molar-refractivity contribution in [1.29, 1.82) is 0 Å². The maximum absolute atomic E-state index is 12.5. The Morgan fingerprint density at radius 2 is 1.77 bits per heavy atom. The van der Waals surface area contributed by atoms with Gasteiger partial charge >= 0.3 is 12.1 Å². The molecule has 0 unspecified atom stereocenters. The molecule has 0 aliphatic carbocycles. The number of benzene rings is 2. The molecule has 0 N–H and O–H groups in total. The third-order valence-electron chi connectivity index (χ3n) is 4.25. The minimum atomic E-state index is -4.47. The topological polar surface area (TPSA) is 46.6 Å². The second-order valence-corrected chi connectivity index (χ2v) is 6.10. The molecular formula is C19H16F3NO3. The summed E-state index contributed by atoms with van der Waals surface area (Å²) in [4.78, 5) is 26.0. The van der Waals surface area contributed by atoms with Gasteiger partial charge in [0.05, 0.1) is 11.1 Å². The molecule has 0 saturated carbocycles. The summed E-state index contributed by atoms with van der Waals surface area (Å²) in [6, 6.07) is 11.1. The molecule has 1 aliphatic rings. The van der Waals surface area contributed by atoms with Gasteiger partial charge in [-0.25, -0.2) is 4.79 Å². The number of anilines is 1. The van der Waals surface area contributed by atoms with Crippen molar-refractivity contribution in [2.45, 2.75) is 25.6 Å². The van der Waals surface area contributed by atoms with Gasteiger partial charge < -0.3 is 9.64 Å². The molecule has 26 heavy (non-hydrogen) atoms. The predicted octanol–water partition coefficient (Wildman–Crippen LogP) is 3.84. The number of alkyl halides is 3. The second-order valence-electron chi connectivity index (χ2n) is 6.10. The first-order chi connectivity index (χ1) is 12.3. The zero-order chi connectivity index (χ0) is 18.9. The average Bonchev–Trinajstić information content (AvgIpc) is 2.94. The van der Waals surface area contributed by atoms with Crippen LogP contribution in [0.3, 0.4) is 0 Å². The van der Waals surface area contributed by atoms with Gasteiger partial charge in [0.25, 0.3) is 5.91 Å². The lowest BCUT2D eigenvalue weighted by Gasteiger charge is -2.22. The first-order valence-electron chi connectivity index (χ1n) is 8.01. The molecule has 0 aromatic heterocycles. The minimum Gasteiger partial charge on any atom is -0.452 e. The Kier molecular flexibility index (Phi) is 4.71. The Hall–Kier alpha value is -2.83. The molecule has 0 saturated heterocycles. The number of halogens is 3. The van der Waals surface area contributed by atoms with Gasteiger partial charge in [-0.05, 0) is 49.2 Å². The second kappa shape index (κ2) is 6.82. The van der Waals surface area contributed by atoms with Gasteiger partial charge in [-0.2, -0.15) is 13.2 Å². The first kappa shape index (κ1) is 18.0. The summed E-state index contributed by atoms with van der Waals surface area (Å²) in [5.74, 6) is -1.21. The first-order valence-corrected chi connectivity index (χ1v) is 8.01. The molecule has 0 fully saturated rings. The quantitative estimate of drug-likeness (QED) is 0.779. The fourth-order valence-corrected chi connectivity index (χ4v) is 3.02. The van der Waals surface area contributed by atoms with Gasteiger partial charge in [0.2, 0.25) is 0 Å². The summed E-state index contributed by atoms with van der Waals surface area (Å²) in [5.41, 5.74) is 0.936. The van der Waals surface area contributed by atoms with Crippen LogP contribution in [0.1, 0.15) is 28.4 Å². The van der Waals surface area contributed by atoms with Crippen LogP contribution in [-0.2, 0) is 22.1 Å². The standard InChI is InChI=1S/C19H16F3NO3/c1-12-10-14-4-2-3-5-16(14)23(12)17(24)11-26-18(25)13-6-8-15(9-7-13)19(20,21)22/h2-9,12H,10-11H2,1H3/t12-/m1/s1. The number of fused-ring (bicyclic) bond motifs is 1. The number of ether oxygens (including phenoxy) is 1. The zero-order valence-corrected chi connectivity index (χ0v) is 13.9. The van der Waals surface area contributed by atoms with Crippen LogP contribution in [0.15, 0.2) is 48.5 Å². The Morgan fingerprint density at radius 1 is 1.12 bits per heavy atom. The minimum absolute atomic E-state index is 0.0410. The third kappa shape index (κ3) is 3.56. The molecule has 4 nitrogen and oxygen atoms in total. The zero-order valence-electron chi connectivity index (χ0n) is 13.9. The Balaban J connectivity index is 1.64. The van der Waals surface area contributed by atoms with E-state index in [0.29, 0.717) is 0 Å². The number of nitrogens with zero attached hydrogens (tertiary/aromatic N) is 1. The van der Waals surface area contributed by atoms with Crippen molar-refractivity contribution in [3.8, 4) is 0 Å². The normalized spacial score (nSPS) is 16.3. The number of amides is 1. The van der Waals surface area contributed by atoms with Crippen molar-refractivity contribution < 1.29 is 27.5 Å². The maximum atomic E-state index is 12.5. The molecule has 1 amide bonds. The van der Waals surface area contributed by atoms with Crippen LogP contribution in [0.5, 0.6) is 0 Å². The van der Waals surface area contributed by atoms with Crippen LogP contribution in [0.25, 0.3) is 0 Å². The van der Waals surface area contributed by atoms with E-state index in [1.807, 2.05) is 31.2 Å². The van der Waals surface area contributed by atoms with E-state index in [1.54, 1.807) is 4.90 Å². The smallest absolute Gasteiger partial charge is 0.416 e. The molecule has 136 valence electrons. The van der Waals surface area contributed by atoms with Crippen LogP contribution >= 0.6 is 0 Å². The highest BCUT2D eigenvalue weighted by Gasteiger charge is 2.32. The van der Waals surface area contributed by atoms with Gasteiger partial charge in [0.1, 0.15) is 0 Å². The molecule has 3 rings (SSSR count). The van der Waals surface area contributed by atoms with Gasteiger partial charge in [0.15, 0.2) is 6.61 Å². The summed E-state index contributed by atoms with van der Waals surface area (Å²) in [6.45, 7) is 1.42. The highest BCUT2D eigenvalue weighted by Crippen LogP contribution is 2.32. The van der Waals surface area contributed by atoms with E-state index in [0.717, 1.165) is 41.9 Å². The number of para-hydroxylation sites is 1. The van der Waals surface area contributed by atoms with Crippen LogP contribution in [0, 0.1) is 0 Å². The molecule has 2 aromatic rings. The van der Waals surface area contributed by atoms with Crippen molar-refractivity contribution in [2.24, 2.45) is 0 Å².